The standard InChI is InChI=1S/C14H18N4O/c1-10-3-4-11(2)12(5-10)6-14(19)9-18-8-13(7-15)16-17-18/h3-5,8H,6-7,9,15H2,1-2H3. The second-order valence-corrected chi connectivity index (χ2v) is 4.76. The molecule has 0 aliphatic carbocycles. The molecule has 1 aromatic heterocycles. The van der Waals surface area contributed by atoms with Crippen LogP contribution in [0.2, 0.25) is 0 Å². The number of ketones is 1. The van der Waals surface area contributed by atoms with Gasteiger partial charge in [-0.1, -0.05) is 29.0 Å². The van der Waals surface area contributed by atoms with Crippen LogP contribution in [0.3, 0.4) is 0 Å². The fraction of sp³-hybridized carbons (Fsp3) is 0.357. The van der Waals surface area contributed by atoms with Crippen LogP contribution in [0.25, 0.3) is 0 Å². The van der Waals surface area contributed by atoms with Gasteiger partial charge in [-0.05, 0) is 25.0 Å². The number of carbonyl (C=O) groups is 1. The Morgan fingerprint density at radius 3 is 2.84 bits per heavy atom. The molecular formula is C14H18N4O. The molecule has 5 nitrogen and oxygen atoms in total. The van der Waals surface area contributed by atoms with Crippen molar-refractivity contribution in [2.45, 2.75) is 33.4 Å². The van der Waals surface area contributed by atoms with Gasteiger partial charge in [-0.3, -0.25) is 4.79 Å². The Balaban J connectivity index is 2.03. The van der Waals surface area contributed by atoms with Gasteiger partial charge in [0.2, 0.25) is 0 Å². The van der Waals surface area contributed by atoms with E-state index in [2.05, 4.69) is 16.4 Å². The first-order chi connectivity index (χ1) is 9.08. The second-order valence-electron chi connectivity index (χ2n) is 4.76. The molecule has 0 saturated carbocycles. The first-order valence-electron chi connectivity index (χ1n) is 6.25. The molecule has 1 heterocycles. The van der Waals surface area contributed by atoms with Crippen LogP contribution in [-0.4, -0.2) is 20.8 Å². The third kappa shape index (κ3) is 3.48. The minimum absolute atomic E-state index is 0.113. The van der Waals surface area contributed by atoms with E-state index < -0.39 is 0 Å². The van der Waals surface area contributed by atoms with E-state index in [1.807, 2.05) is 26.0 Å². The van der Waals surface area contributed by atoms with Crippen molar-refractivity contribution >= 4 is 5.78 Å². The van der Waals surface area contributed by atoms with E-state index in [0.29, 0.717) is 18.7 Å². The summed E-state index contributed by atoms with van der Waals surface area (Å²) in [5.41, 5.74) is 9.53. The first kappa shape index (κ1) is 13.4. The summed E-state index contributed by atoms with van der Waals surface area (Å²) in [7, 11) is 0. The number of hydrogen-bond donors (Lipinski definition) is 1. The molecule has 0 amide bonds. The van der Waals surface area contributed by atoms with E-state index in [4.69, 9.17) is 5.73 Å². The highest BCUT2D eigenvalue weighted by Crippen LogP contribution is 2.12. The summed E-state index contributed by atoms with van der Waals surface area (Å²) in [5.74, 6) is 0.113. The molecule has 0 aliphatic heterocycles. The van der Waals surface area contributed by atoms with Crippen molar-refractivity contribution in [3.8, 4) is 0 Å². The number of hydrogen-bond acceptors (Lipinski definition) is 4. The van der Waals surface area contributed by atoms with Crippen LogP contribution >= 0.6 is 0 Å². The lowest BCUT2D eigenvalue weighted by Gasteiger charge is -2.06. The topological polar surface area (TPSA) is 73.8 Å². The van der Waals surface area contributed by atoms with E-state index in [1.165, 1.54) is 10.2 Å². The molecule has 2 N–H and O–H groups in total. The average Bonchev–Trinajstić information content (AvgIpc) is 2.81. The van der Waals surface area contributed by atoms with Gasteiger partial charge in [-0.15, -0.1) is 5.10 Å². The Morgan fingerprint density at radius 2 is 2.16 bits per heavy atom. The van der Waals surface area contributed by atoms with Gasteiger partial charge in [0.25, 0.3) is 0 Å². The van der Waals surface area contributed by atoms with E-state index in [9.17, 15) is 4.79 Å². The maximum absolute atomic E-state index is 12.0. The molecular weight excluding hydrogens is 240 g/mol. The summed E-state index contributed by atoms with van der Waals surface area (Å²) < 4.78 is 1.54. The number of Topliss-reactive ketones (excluding diaryl/α,β-unsaturated/α-hetero) is 1. The van der Waals surface area contributed by atoms with E-state index in [1.54, 1.807) is 6.20 Å². The predicted octanol–water partition coefficient (Wildman–Crippen LogP) is 1.17. The molecule has 5 heteroatoms. The quantitative estimate of drug-likeness (QED) is 0.873. The third-order valence-electron chi connectivity index (χ3n) is 3.03. The highest BCUT2D eigenvalue weighted by Gasteiger charge is 2.09. The van der Waals surface area contributed by atoms with E-state index in [-0.39, 0.29) is 12.3 Å². The molecule has 0 saturated heterocycles. The number of carbonyl (C=O) groups excluding carboxylic acids is 1. The maximum Gasteiger partial charge on any atom is 0.158 e. The van der Waals surface area contributed by atoms with Crippen LogP contribution in [0.15, 0.2) is 24.4 Å². The SMILES string of the molecule is Cc1ccc(C)c(CC(=O)Cn2cc(CN)nn2)c1. The molecule has 100 valence electrons. The fourth-order valence-electron chi connectivity index (χ4n) is 1.95. The van der Waals surface area contributed by atoms with Crippen molar-refractivity contribution in [2.75, 3.05) is 0 Å². The number of rotatable bonds is 5. The number of aromatic nitrogens is 3. The van der Waals surface area contributed by atoms with Gasteiger partial charge >= 0.3 is 0 Å². The van der Waals surface area contributed by atoms with Gasteiger partial charge in [0, 0.05) is 13.0 Å². The van der Waals surface area contributed by atoms with Gasteiger partial charge in [0.05, 0.1) is 11.9 Å². The lowest BCUT2D eigenvalue weighted by Crippen LogP contribution is -2.13. The maximum atomic E-state index is 12.0. The van der Waals surface area contributed by atoms with Gasteiger partial charge in [-0.2, -0.15) is 0 Å². The zero-order chi connectivity index (χ0) is 13.8. The summed E-state index contributed by atoms with van der Waals surface area (Å²) in [6, 6.07) is 6.15. The number of aryl methyl sites for hydroxylation is 2. The first-order valence-corrected chi connectivity index (χ1v) is 6.25. The second kappa shape index (κ2) is 5.75. The molecule has 0 radical (unpaired) electrons. The Morgan fingerprint density at radius 1 is 1.37 bits per heavy atom. The van der Waals surface area contributed by atoms with Gasteiger partial charge in [0.1, 0.15) is 6.54 Å². The summed E-state index contributed by atoms with van der Waals surface area (Å²) >= 11 is 0. The smallest absolute Gasteiger partial charge is 0.158 e. The third-order valence-corrected chi connectivity index (χ3v) is 3.03. The Hall–Kier alpha value is -2.01. The molecule has 0 atom stereocenters. The molecule has 2 rings (SSSR count). The molecule has 0 spiro atoms. The van der Waals surface area contributed by atoms with E-state index in [0.717, 1.165) is 11.1 Å². The zero-order valence-electron chi connectivity index (χ0n) is 11.3. The van der Waals surface area contributed by atoms with Gasteiger partial charge < -0.3 is 5.73 Å². The summed E-state index contributed by atoms with van der Waals surface area (Å²) in [5, 5.41) is 7.74. The van der Waals surface area contributed by atoms with Crippen molar-refractivity contribution in [1.82, 2.24) is 15.0 Å². The molecule has 1 aromatic carbocycles. The number of nitrogens with two attached hydrogens (primary N) is 1. The van der Waals surface area contributed by atoms with Crippen molar-refractivity contribution in [2.24, 2.45) is 5.73 Å². The van der Waals surface area contributed by atoms with Crippen LogP contribution in [0, 0.1) is 13.8 Å². The lowest BCUT2D eigenvalue weighted by atomic mass is 10.0. The minimum atomic E-state index is 0.113. The number of nitrogens with zero attached hydrogens (tertiary/aromatic N) is 3. The minimum Gasteiger partial charge on any atom is -0.325 e. The zero-order valence-corrected chi connectivity index (χ0v) is 11.3. The highest BCUT2D eigenvalue weighted by molar-refractivity contribution is 5.81. The fourth-order valence-corrected chi connectivity index (χ4v) is 1.95. The Labute approximate surface area is 112 Å². The summed E-state index contributed by atoms with van der Waals surface area (Å²) in [6.45, 7) is 4.62. The molecule has 0 unspecified atom stereocenters. The van der Waals surface area contributed by atoms with Crippen LogP contribution in [0.4, 0.5) is 0 Å². The van der Waals surface area contributed by atoms with Gasteiger partial charge in [0.15, 0.2) is 5.78 Å². The summed E-state index contributed by atoms with van der Waals surface area (Å²) in [6.07, 6.45) is 2.13. The largest absolute Gasteiger partial charge is 0.325 e. The molecule has 2 aromatic rings. The van der Waals surface area contributed by atoms with E-state index >= 15 is 0 Å². The predicted molar refractivity (Wildman–Crippen MR) is 72.5 cm³/mol. The Bertz CT molecular complexity index is 589. The van der Waals surface area contributed by atoms with Crippen LogP contribution in [-0.2, 0) is 24.3 Å². The lowest BCUT2D eigenvalue weighted by molar-refractivity contribution is -0.119. The normalized spacial score (nSPS) is 10.7. The van der Waals surface area contributed by atoms with Crippen molar-refractivity contribution in [3.63, 3.8) is 0 Å². The number of benzene rings is 1. The average molecular weight is 258 g/mol. The molecule has 0 fully saturated rings. The van der Waals surface area contributed by atoms with Crippen molar-refractivity contribution < 1.29 is 4.79 Å². The summed E-state index contributed by atoms with van der Waals surface area (Å²) in [4.78, 5) is 12.0. The van der Waals surface area contributed by atoms with Crippen molar-refractivity contribution in [3.05, 3.63) is 46.8 Å². The van der Waals surface area contributed by atoms with Crippen LogP contribution < -0.4 is 5.73 Å². The molecule has 0 bridgehead atoms. The highest BCUT2D eigenvalue weighted by atomic mass is 16.1. The van der Waals surface area contributed by atoms with Gasteiger partial charge in [-0.25, -0.2) is 4.68 Å². The van der Waals surface area contributed by atoms with Crippen molar-refractivity contribution in [1.29, 1.82) is 0 Å². The monoisotopic (exact) mass is 258 g/mol. The Kier molecular flexibility index (Phi) is 4.06. The van der Waals surface area contributed by atoms with Crippen LogP contribution in [0.5, 0.6) is 0 Å². The van der Waals surface area contributed by atoms with Crippen LogP contribution in [0.1, 0.15) is 22.4 Å². The molecule has 19 heavy (non-hydrogen) atoms. The molecule has 0 aliphatic rings.